The molecule has 7 heteroatoms. The summed E-state index contributed by atoms with van der Waals surface area (Å²) in [5.74, 6) is -0.703. The van der Waals surface area contributed by atoms with Gasteiger partial charge in [0, 0.05) is 5.92 Å². The third kappa shape index (κ3) is 6.98. The zero-order valence-electron chi connectivity index (χ0n) is 16.4. The molecule has 0 radical (unpaired) electrons. The summed E-state index contributed by atoms with van der Waals surface area (Å²) < 4.78 is 17.1. The van der Waals surface area contributed by atoms with Crippen LogP contribution in [0.2, 0.25) is 0 Å². The maximum absolute atomic E-state index is 12.4. The average Bonchev–Trinajstić information content (AvgIpc) is 2.67. The summed E-state index contributed by atoms with van der Waals surface area (Å²) in [6.07, 6.45) is -1.01. The number of cyclic esters (lactones) is 1. The minimum atomic E-state index is -1.29. The van der Waals surface area contributed by atoms with Crippen molar-refractivity contribution >= 4 is 12.1 Å². The third-order valence-electron chi connectivity index (χ3n) is 4.71. The predicted molar refractivity (Wildman–Crippen MR) is 104 cm³/mol. The Morgan fingerprint density at radius 2 is 2.04 bits per heavy atom. The van der Waals surface area contributed by atoms with Crippen LogP contribution in [0.4, 0.5) is 4.79 Å². The number of hydrogen-bond donors (Lipinski definition) is 2. The van der Waals surface area contributed by atoms with E-state index in [9.17, 15) is 9.59 Å². The van der Waals surface area contributed by atoms with Gasteiger partial charge in [-0.1, -0.05) is 42.5 Å². The normalized spacial score (nSPS) is 25.7. The second kappa shape index (κ2) is 10.8. The first-order valence-electron chi connectivity index (χ1n) is 9.40. The van der Waals surface area contributed by atoms with E-state index in [1.165, 1.54) is 0 Å². The minimum Gasteiger partial charge on any atom is -0.465 e. The van der Waals surface area contributed by atoms with Crippen LogP contribution in [0.25, 0.3) is 0 Å². The Morgan fingerprint density at radius 3 is 2.68 bits per heavy atom. The largest absolute Gasteiger partial charge is 0.465 e. The van der Waals surface area contributed by atoms with Crippen molar-refractivity contribution in [2.24, 2.45) is 11.8 Å². The van der Waals surface area contributed by atoms with Crippen molar-refractivity contribution in [1.29, 1.82) is 0 Å². The van der Waals surface area contributed by atoms with Gasteiger partial charge in [0.05, 0.1) is 26.4 Å². The molecule has 154 valence electrons. The number of hydrogen-bond acceptors (Lipinski definition) is 5. The van der Waals surface area contributed by atoms with Crippen molar-refractivity contribution in [1.82, 2.24) is 5.32 Å². The fourth-order valence-electron chi connectivity index (χ4n) is 3.28. The second-order valence-corrected chi connectivity index (χ2v) is 7.27. The molecule has 2 rings (SSSR count). The van der Waals surface area contributed by atoms with Crippen LogP contribution in [0.5, 0.6) is 0 Å². The molecule has 1 heterocycles. The summed E-state index contributed by atoms with van der Waals surface area (Å²) in [4.78, 5) is 23.3. The van der Waals surface area contributed by atoms with Crippen molar-refractivity contribution in [3.05, 3.63) is 48.0 Å². The molecule has 0 bridgehead atoms. The summed E-state index contributed by atoms with van der Waals surface area (Å²) in [5, 5.41) is 11.1. The van der Waals surface area contributed by atoms with E-state index in [-0.39, 0.29) is 18.4 Å². The average molecular weight is 391 g/mol. The minimum absolute atomic E-state index is 0.0406. The molecule has 0 aromatic heterocycles. The van der Waals surface area contributed by atoms with Crippen LogP contribution in [0.1, 0.15) is 19.4 Å². The molecule has 0 saturated carbocycles. The van der Waals surface area contributed by atoms with Gasteiger partial charge < -0.3 is 24.6 Å². The van der Waals surface area contributed by atoms with E-state index in [2.05, 4.69) is 11.9 Å². The van der Waals surface area contributed by atoms with Gasteiger partial charge in [-0.05, 0) is 31.7 Å². The molecule has 2 N–H and O–H groups in total. The number of esters is 1. The molecule has 1 aliphatic heterocycles. The van der Waals surface area contributed by atoms with E-state index in [0.29, 0.717) is 19.8 Å². The van der Waals surface area contributed by atoms with E-state index in [0.717, 1.165) is 17.6 Å². The van der Waals surface area contributed by atoms with Crippen LogP contribution in [0.3, 0.4) is 0 Å². The monoisotopic (exact) mass is 391 g/mol. The van der Waals surface area contributed by atoms with Crippen LogP contribution >= 0.6 is 0 Å². The van der Waals surface area contributed by atoms with Crippen LogP contribution in [-0.4, -0.2) is 55.7 Å². The molecule has 1 aromatic rings. The highest BCUT2D eigenvalue weighted by Gasteiger charge is 2.35. The van der Waals surface area contributed by atoms with Gasteiger partial charge in [0.25, 0.3) is 0 Å². The summed E-state index contributed by atoms with van der Waals surface area (Å²) in [7, 11) is 0. The Kier molecular flexibility index (Phi) is 8.47. The zero-order valence-corrected chi connectivity index (χ0v) is 16.4. The van der Waals surface area contributed by atoms with Crippen molar-refractivity contribution in [2.45, 2.75) is 32.4 Å². The Labute approximate surface area is 165 Å². The number of carboxylic acid groups (broad SMARTS) is 1. The molecule has 28 heavy (non-hydrogen) atoms. The first-order valence-corrected chi connectivity index (χ1v) is 9.40. The lowest BCUT2D eigenvalue weighted by molar-refractivity contribution is -0.155. The van der Waals surface area contributed by atoms with Gasteiger partial charge in [0.15, 0.2) is 6.04 Å². The van der Waals surface area contributed by atoms with Gasteiger partial charge in [-0.15, -0.1) is 0 Å². The Morgan fingerprint density at radius 1 is 1.32 bits per heavy atom. The van der Waals surface area contributed by atoms with E-state index in [1.54, 1.807) is 0 Å². The maximum atomic E-state index is 12.4. The van der Waals surface area contributed by atoms with Crippen molar-refractivity contribution in [2.75, 3.05) is 26.4 Å². The number of benzene rings is 1. The molecule has 1 amide bonds. The molecule has 0 spiro atoms. The Balaban J connectivity index is 2.18. The molecule has 0 aliphatic carbocycles. The fraction of sp³-hybridized carbons (Fsp3) is 0.524. The predicted octanol–water partition coefficient (Wildman–Crippen LogP) is 2.65. The van der Waals surface area contributed by atoms with Gasteiger partial charge in [0.1, 0.15) is 6.10 Å². The van der Waals surface area contributed by atoms with Crippen molar-refractivity contribution in [3.63, 3.8) is 0 Å². The van der Waals surface area contributed by atoms with E-state index in [4.69, 9.17) is 19.3 Å². The lowest BCUT2D eigenvalue weighted by Crippen LogP contribution is -2.45. The fourth-order valence-corrected chi connectivity index (χ4v) is 3.28. The van der Waals surface area contributed by atoms with Crippen LogP contribution in [0, 0.1) is 11.8 Å². The first-order chi connectivity index (χ1) is 13.4. The smallest absolute Gasteiger partial charge is 0.405 e. The van der Waals surface area contributed by atoms with Crippen molar-refractivity contribution < 1.29 is 28.9 Å². The Bertz CT molecular complexity index is 662. The van der Waals surface area contributed by atoms with E-state index in [1.807, 2.05) is 44.2 Å². The zero-order chi connectivity index (χ0) is 20.5. The number of rotatable bonds is 7. The van der Waals surface area contributed by atoms with Crippen LogP contribution < -0.4 is 5.32 Å². The summed E-state index contributed by atoms with van der Waals surface area (Å²) >= 11 is 0. The molecule has 1 saturated heterocycles. The molecule has 1 fully saturated rings. The lowest BCUT2D eigenvalue weighted by Gasteiger charge is -2.30. The van der Waals surface area contributed by atoms with E-state index >= 15 is 0 Å². The molecular formula is C21H29NO6. The topological polar surface area (TPSA) is 94.1 Å². The molecule has 4 atom stereocenters. The third-order valence-corrected chi connectivity index (χ3v) is 4.71. The van der Waals surface area contributed by atoms with Gasteiger partial charge >= 0.3 is 12.1 Å². The number of ether oxygens (including phenoxy) is 3. The lowest BCUT2D eigenvalue weighted by atomic mass is 9.84. The molecule has 7 nitrogen and oxygen atoms in total. The standard InChI is InChI=1S/C21H29NO6/c1-14(2)10-26-12-18-15(3)28-20(23)19(22-21(24)25)13-27-11-17(18)9-16-7-5-4-6-8-16/h4-8,15,17-19,22H,1,9-13H2,2-3H3,(H,24,25)/t15-,17-,18-,19-/m0/s1. The second-order valence-electron chi connectivity index (χ2n) is 7.27. The molecular weight excluding hydrogens is 362 g/mol. The first kappa shape index (κ1) is 21.9. The maximum Gasteiger partial charge on any atom is 0.405 e. The Hall–Kier alpha value is -2.38. The van der Waals surface area contributed by atoms with E-state index < -0.39 is 24.2 Å². The quantitative estimate of drug-likeness (QED) is 0.548. The molecule has 0 unspecified atom stereocenters. The SMILES string of the molecule is C=C(C)COC[C@@H]1[C@@H](Cc2ccccc2)COC[C@H](NC(=O)O)C(=O)O[C@H]1C. The van der Waals surface area contributed by atoms with Crippen molar-refractivity contribution in [3.8, 4) is 0 Å². The number of nitrogens with one attached hydrogen (secondary N) is 1. The number of carbonyl (C=O) groups excluding carboxylic acids is 1. The highest BCUT2D eigenvalue weighted by molar-refractivity contribution is 5.81. The summed E-state index contributed by atoms with van der Waals surface area (Å²) in [5.41, 5.74) is 2.06. The highest BCUT2D eigenvalue weighted by atomic mass is 16.6. The van der Waals surface area contributed by atoms with Crippen LogP contribution in [-0.2, 0) is 25.4 Å². The molecule has 1 aromatic carbocycles. The number of carbonyl (C=O) groups is 2. The van der Waals surface area contributed by atoms with Gasteiger partial charge in [-0.25, -0.2) is 9.59 Å². The summed E-state index contributed by atoms with van der Waals surface area (Å²) in [6, 6.07) is 8.96. The van der Waals surface area contributed by atoms with Gasteiger partial charge in [0.2, 0.25) is 0 Å². The summed E-state index contributed by atoms with van der Waals surface area (Å²) in [6.45, 7) is 8.67. The van der Waals surface area contributed by atoms with Gasteiger partial charge in [-0.3, -0.25) is 0 Å². The van der Waals surface area contributed by atoms with Crippen LogP contribution in [0.15, 0.2) is 42.5 Å². The molecule has 1 aliphatic rings. The highest BCUT2D eigenvalue weighted by Crippen LogP contribution is 2.26. The number of amides is 1. The van der Waals surface area contributed by atoms with Gasteiger partial charge in [-0.2, -0.15) is 0 Å².